The standard InChI is InChI=1S/C22H27N3O4S2/c1-21(2,3)29-20(28)25-12-16(13-26)22(14-25,17-10-7-11-31-17)24-19(30)23-18(27)15-8-5-4-6-9-15/h4-11,16,26H,12-14H2,1-3H3,(H2,23,24,27,30)/t16-,22-/m0/s1. The first-order chi connectivity index (χ1) is 14.6. The number of nitrogens with one attached hydrogen (secondary N) is 2. The number of likely N-dealkylation sites (tertiary alicyclic amines) is 1. The van der Waals surface area contributed by atoms with Gasteiger partial charge in [-0.1, -0.05) is 24.3 Å². The Morgan fingerprint density at radius 3 is 2.55 bits per heavy atom. The Labute approximate surface area is 191 Å². The zero-order chi connectivity index (χ0) is 22.6. The molecule has 7 nitrogen and oxygen atoms in total. The lowest BCUT2D eigenvalue weighted by Crippen LogP contribution is -2.56. The summed E-state index contributed by atoms with van der Waals surface area (Å²) in [4.78, 5) is 27.7. The van der Waals surface area contributed by atoms with E-state index in [2.05, 4.69) is 10.6 Å². The second-order valence-corrected chi connectivity index (χ2v) is 9.82. The predicted octanol–water partition coefficient (Wildman–Crippen LogP) is 3.11. The Morgan fingerprint density at radius 1 is 1.26 bits per heavy atom. The van der Waals surface area contributed by atoms with Gasteiger partial charge >= 0.3 is 6.09 Å². The second kappa shape index (κ2) is 9.33. The Balaban J connectivity index is 1.83. The molecule has 1 aromatic heterocycles. The van der Waals surface area contributed by atoms with Crippen molar-refractivity contribution >= 4 is 40.7 Å². The highest BCUT2D eigenvalue weighted by molar-refractivity contribution is 7.80. The van der Waals surface area contributed by atoms with Crippen molar-refractivity contribution in [1.29, 1.82) is 0 Å². The molecule has 2 heterocycles. The van der Waals surface area contributed by atoms with Crippen LogP contribution in [0.15, 0.2) is 47.8 Å². The smallest absolute Gasteiger partial charge is 0.410 e. The molecule has 2 amide bonds. The third-order valence-corrected chi connectivity index (χ3v) is 6.26. The van der Waals surface area contributed by atoms with E-state index in [0.717, 1.165) is 4.88 Å². The van der Waals surface area contributed by atoms with Crippen LogP contribution in [0.2, 0.25) is 0 Å². The summed E-state index contributed by atoms with van der Waals surface area (Å²) in [6, 6.07) is 12.6. The Bertz CT molecular complexity index is 928. The van der Waals surface area contributed by atoms with Gasteiger partial charge in [-0.25, -0.2) is 4.79 Å². The second-order valence-electron chi connectivity index (χ2n) is 8.46. The number of benzene rings is 1. The van der Waals surface area contributed by atoms with E-state index in [-0.39, 0.29) is 30.1 Å². The number of aliphatic hydroxyl groups is 1. The fourth-order valence-electron chi connectivity index (χ4n) is 3.61. The topological polar surface area (TPSA) is 90.9 Å². The molecule has 0 spiro atoms. The minimum absolute atomic E-state index is 0.131. The molecule has 0 aliphatic carbocycles. The number of ether oxygens (including phenoxy) is 1. The molecule has 0 bridgehead atoms. The number of carbonyl (C=O) groups excluding carboxylic acids is 2. The largest absolute Gasteiger partial charge is 0.444 e. The van der Waals surface area contributed by atoms with Crippen LogP contribution >= 0.6 is 23.6 Å². The molecule has 2 atom stereocenters. The summed E-state index contributed by atoms with van der Waals surface area (Å²) >= 11 is 6.95. The van der Waals surface area contributed by atoms with Crippen LogP contribution in [0.1, 0.15) is 36.0 Å². The van der Waals surface area contributed by atoms with Crippen molar-refractivity contribution in [3.8, 4) is 0 Å². The molecule has 2 aromatic rings. The first-order valence-electron chi connectivity index (χ1n) is 9.96. The van der Waals surface area contributed by atoms with Gasteiger partial charge in [0.05, 0.1) is 18.7 Å². The average molecular weight is 462 g/mol. The zero-order valence-electron chi connectivity index (χ0n) is 17.8. The molecule has 1 fully saturated rings. The highest BCUT2D eigenvalue weighted by Gasteiger charge is 2.51. The summed E-state index contributed by atoms with van der Waals surface area (Å²) in [7, 11) is 0. The van der Waals surface area contributed by atoms with Crippen LogP contribution in [0.4, 0.5) is 4.79 Å². The van der Waals surface area contributed by atoms with E-state index in [9.17, 15) is 14.7 Å². The minimum atomic E-state index is -0.846. The Hall–Kier alpha value is -2.49. The SMILES string of the molecule is CC(C)(C)OC(=O)N1C[C@@H](CO)[C@](NC(=S)NC(=O)c2ccccc2)(c2cccs2)C1. The van der Waals surface area contributed by atoms with Gasteiger partial charge in [-0.3, -0.25) is 10.1 Å². The number of thiocarbonyl (C=S) groups is 1. The van der Waals surface area contributed by atoms with Crippen molar-refractivity contribution in [3.63, 3.8) is 0 Å². The van der Waals surface area contributed by atoms with Gasteiger partial charge in [0, 0.05) is 22.9 Å². The number of rotatable bonds is 4. The summed E-state index contributed by atoms with van der Waals surface area (Å²) < 4.78 is 5.53. The van der Waals surface area contributed by atoms with Crippen molar-refractivity contribution in [1.82, 2.24) is 15.5 Å². The average Bonchev–Trinajstić information content (AvgIpc) is 3.36. The van der Waals surface area contributed by atoms with Gasteiger partial charge in [-0.15, -0.1) is 11.3 Å². The van der Waals surface area contributed by atoms with E-state index >= 15 is 0 Å². The molecule has 1 aromatic carbocycles. The highest BCUT2D eigenvalue weighted by atomic mass is 32.1. The van der Waals surface area contributed by atoms with Crippen molar-refractivity contribution in [3.05, 3.63) is 58.3 Å². The van der Waals surface area contributed by atoms with Crippen molar-refractivity contribution < 1.29 is 19.4 Å². The van der Waals surface area contributed by atoms with Crippen molar-refractivity contribution in [2.24, 2.45) is 5.92 Å². The van der Waals surface area contributed by atoms with Crippen molar-refractivity contribution in [2.75, 3.05) is 19.7 Å². The normalized spacial score (nSPS) is 20.9. The van der Waals surface area contributed by atoms with Gasteiger partial charge in [0.25, 0.3) is 5.91 Å². The van der Waals surface area contributed by atoms with Crippen LogP contribution in [-0.4, -0.2) is 52.4 Å². The number of hydrogen-bond donors (Lipinski definition) is 3. The molecule has 9 heteroatoms. The summed E-state index contributed by atoms with van der Waals surface area (Å²) in [6.45, 7) is 5.80. The fraction of sp³-hybridized carbons (Fsp3) is 0.409. The molecule has 1 aliphatic heterocycles. The van der Waals surface area contributed by atoms with E-state index in [1.807, 2.05) is 44.4 Å². The number of amides is 2. The maximum absolute atomic E-state index is 12.7. The van der Waals surface area contributed by atoms with E-state index in [1.165, 1.54) is 11.3 Å². The molecule has 1 aliphatic rings. The third-order valence-electron chi connectivity index (χ3n) is 5.01. The molecule has 31 heavy (non-hydrogen) atoms. The molecular formula is C22H27N3O4S2. The van der Waals surface area contributed by atoms with E-state index in [4.69, 9.17) is 17.0 Å². The number of aliphatic hydroxyl groups excluding tert-OH is 1. The van der Waals surface area contributed by atoms with E-state index in [1.54, 1.807) is 29.2 Å². The number of hydrogen-bond acceptors (Lipinski definition) is 6. The third kappa shape index (κ3) is 5.41. The fourth-order valence-corrected chi connectivity index (χ4v) is 4.84. The Morgan fingerprint density at radius 2 is 1.97 bits per heavy atom. The maximum Gasteiger partial charge on any atom is 0.410 e. The highest BCUT2D eigenvalue weighted by Crippen LogP contribution is 2.39. The van der Waals surface area contributed by atoms with Gasteiger partial charge in [0.15, 0.2) is 5.11 Å². The number of thiophene rings is 1. The van der Waals surface area contributed by atoms with E-state index < -0.39 is 17.2 Å². The summed E-state index contributed by atoms with van der Waals surface area (Å²) in [5, 5.41) is 18.2. The molecule has 3 N–H and O–H groups in total. The summed E-state index contributed by atoms with van der Waals surface area (Å²) in [6.07, 6.45) is -0.453. The van der Waals surface area contributed by atoms with Gasteiger partial charge in [0.1, 0.15) is 5.60 Å². The molecule has 0 radical (unpaired) electrons. The molecule has 3 rings (SSSR count). The van der Waals surface area contributed by atoms with Gasteiger partial charge in [0.2, 0.25) is 0 Å². The lowest BCUT2D eigenvalue weighted by Gasteiger charge is -2.35. The van der Waals surface area contributed by atoms with E-state index in [0.29, 0.717) is 12.1 Å². The van der Waals surface area contributed by atoms with Crippen LogP contribution in [0.3, 0.4) is 0 Å². The van der Waals surface area contributed by atoms with Crippen LogP contribution in [0.5, 0.6) is 0 Å². The molecular weight excluding hydrogens is 434 g/mol. The molecule has 0 unspecified atom stereocenters. The van der Waals surface area contributed by atoms with Gasteiger partial charge in [-0.05, 0) is 56.6 Å². The first kappa shape index (κ1) is 23.2. The molecule has 0 saturated carbocycles. The van der Waals surface area contributed by atoms with Crippen LogP contribution < -0.4 is 10.6 Å². The zero-order valence-corrected chi connectivity index (χ0v) is 19.4. The van der Waals surface area contributed by atoms with Crippen LogP contribution in [-0.2, 0) is 10.3 Å². The minimum Gasteiger partial charge on any atom is -0.444 e. The van der Waals surface area contributed by atoms with Gasteiger partial charge < -0.3 is 20.1 Å². The molecule has 1 saturated heterocycles. The van der Waals surface area contributed by atoms with Crippen LogP contribution in [0.25, 0.3) is 0 Å². The summed E-state index contributed by atoms with van der Waals surface area (Å²) in [5.41, 5.74) is -0.995. The lowest BCUT2D eigenvalue weighted by atomic mass is 9.86. The maximum atomic E-state index is 12.7. The summed E-state index contributed by atoms with van der Waals surface area (Å²) in [5.74, 6) is -0.674. The quantitative estimate of drug-likeness (QED) is 0.606. The Kier molecular flexibility index (Phi) is 6.98. The number of carbonyl (C=O) groups is 2. The van der Waals surface area contributed by atoms with Crippen molar-refractivity contribution in [2.45, 2.75) is 31.9 Å². The molecule has 166 valence electrons. The lowest BCUT2D eigenvalue weighted by molar-refractivity contribution is 0.0278. The number of nitrogens with zero attached hydrogens (tertiary/aromatic N) is 1. The first-order valence-corrected chi connectivity index (χ1v) is 11.2. The van der Waals surface area contributed by atoms with Crippen LogP contribution in [0, 0.1) is 5.92 Å². The van der Waals surface area contributed by atoms with Gasteiger partial charge in [-0.2, -0.15) is 0 Å². The predicted molar refractivity (Wildman–Crippen MR) is 124 cm³/mol. The monoisotopic (exact) mass is 461 g/mol.